The van der Waals surface area contributed by atoms with Gasteiger partial charge < -0.3 is 5.32 Å². The van der Waals surface area contributed by atoms with Crippen LogP contribution in [0.2, 0.25) is 0 Å². The molecule has 1 N–H and O–H groups in total. The van der Waals surface area contributed by atoms with Crippen LogP contribution >= 0.6 is 0 Å². The molecule has 0 aliphatic heterocycles. The molecule has 0 heterocycles. The Hall–Kier alpha value is -0.820. The molecule has 2 atom stereocenters. The number of hydrogen-bond donors (Lipinski definition) is 1. The maximum absolute atomic E-state index is 3.66. The van der Waals surface area contributed by atoms with E-state index < -0.39 is 0 Å². The zero-order chi connectivity index (χ0) is 14.0. The maximum Gasteiger partial charge on any atom is 0.00966 e. The van der Waals surface area contributed by atoms with Gasteiger partial charge in [-0.15, -0.1) is 0 Å². The molecule has 1 heteroatoms. The summed E-state index contributed by atoms with van der Waals surface area (Å²) < 4.78 is 0. The lowest BCUT2D eigenvalue weighted by Crippen LogP contribution is -2.44. The van der Waals surface area contributed by atoms with Crippen molar-refractivity contribution >= 4 is 0 Å². The second kappa shape index (κ2) is 5.66. The Bertz CT molecular complexity index is 408. The smallest absolute Gasteiger partial charge is 0.00966 e. The lowest BCUT2D eigenvalue weighted by atomic mass is 9.70. The number of benzene rings is 1. The molecule has 0 amide bonds. The average Bonchev–Trinajstić information content (AvgIpc) is 2.21. The first-order valence-corrected chi connectivity index (χ1v) is 7.66. The Morgan fingerprint density at radius 1 is 1.00 bits per heavy atom. The molecule has 1 aromatic rings. The number of hydrogen-bond acceptors (Lipinski definition) is 1. The van der Waals surface area contributed by atoms with Crippen molar-refractivity contribution in [2.24, 2.45) is 11.8 Å². The quantitative estimate of drug-likeness (QED) is 0.852. The largest absolute Gasteiger partial charge is 0.312 e. The Labute approximate surface area is 118 Å². The normalized spacial score (nSPS) is 23.2. The predicted octanol–water partition coefficient (Wildman–Crippen LogP) is 4.26. The summed E-state index contributed by atoms with van der Waals surface area (Å²) in [5.41, 5.74) is 4.58. The molecule has 1 aliphatic carbocycles. The van der Waals surface area contributed by atoms with Crippen LogP contribution in [0.5, 0.6) is 0 Å². The topological polar surface area (TPSA) is 12.0 Å². The molecular formula is C18H29N. The van der Waals surface area contributed by atoms with Crippen molar-refractivity contribution in [3.05, 3.63) is 34.9 Å². The number of rotatable bonds is 4. The zero-order valence-corrected chi connectivity index (χ0v) is 13.2. The molecule has 0 radical (unpaired) electrons. The molecule has 2 rings (SSSR count). The van der Waals surface area contributed by atoms with E-state index in [1.54, 1.807) is 0 Å². The van der Waals surface area contributed by atoms with Gasteiger partial charge in [-0.3, -0.25) is 0 Å². The van der Waals surface area contributed by atoms with Gasteiger partial charge in [-0.25, -0.2) is 0 Å². The maximum atomic E-state index is 3.66. The van der Waals surface area contributed by atoms with Crippen LogP contribution in [-0.2, 0) is 6.42 Å². The summed E-state index contributed by atoms with van der Waals surface area (Å²) in [5, 5.41) is 3.66. The Kier molecular flexibility index (Phi) is 4.35. The van der Waals surface area contributed by atoms with Gasteiger partial charge >= 0.3 is 0 Å². The van der Waals surface area contributed by atoms with Crippen molar-refractivity contribution in [2.75, 3.05) is 6.54 Å². The van der Waals surface area contributed by atoms with Gasteiger partial charge in [-0.2, -0.15) is 0 Å². The van der Waals surface area contributed by atoms with Crippen LogP contribution in [0.15, 0.2) is 18.2 Å². The van der Waals surface area contributed by atoms with E-state index in [0.717, 1.165) is 11.8 Å². The molecule has 0 spiro atoms. The summed E-state index contributed by atoms with van der Waals surface area (Å²) in [6, 6.07) is 6.99. The molecule has 0 bridgehead atoms. The highest BCUT2D eigenvalue weighted by atomic mass is 14.9. The molecular weight excluding hydrogens is 230 g/mol. The van der Waals surface area contributed by atoms with Crippen LogP contribution < -0.4 is 5.32 Å². The fourth-order valence-electron chi connectivity index (χ4n) is 3.10. The van der Waals surface area contributed by atoms with Gasteiger partial charge in [0.2, 0.25) is 0 Å². The van der Waals surface area contributed by atoms with Crippen LogP contribution in [0, 0.1) is 25.7 Å². The van der Waals surface area contributed by atoms with Crippen molar-refractivity contribution in [3.63, 3.8) is 0 Å². The van der Waals surface area contributed by atoms with E-state index in [2.05, 4.69) is 58.1 Å². The standard InChI is InChI=1S/C18H29N/c1-13-8-14(2)10-15(9-13)11-16-6-7-17(16)12-19-18(3,4)5/h8-10,16-17,19H,6-7,11-12H2,1-5H3. The first-order valence-electron chi connectivity index (χ1n) is 7.66. The highest BCUT2D eigenvalue weighted by Crippen LogP contribution is 2.36. The van der Waals surface area contributed by atoms with Crippen molar-refractivity contribution in [3.8, 4) is 0 Å². The van der Waals surface area contributed by atoms with E-state index in [-0.39, 0.29) is 5.54 Å². The average molecular weight is 259 g/mol. The van der Waals surface area contributed by atoms with E-state index in [0.29, 0.717) is 0 Å². The van der Waals surface area contributed by atoms with E-state index in [4.69, 9.17) is 0 Å². The van der Waals surface area contributed by atoms with Gasteiger partial charge in [-0.1, -0.05) is 29.3 Å². The first-order chi connectivity index (χ1) is 8.83. The third-order valence-electron chi connectivity index (χ3n) is 4.25. The summed E-state index contributed by atoms with van der Waals surface area (Å²) in [5.74, 6) is 1.76. The predicted molar refractivity (Wildman–Crippen MR) is 83.6 cm³/mol. The summed E-state index contributed by atoms with van der Waals surface area (Å²) in [6.45, 7) is 12.4. The second-order valence-corrected chi connectivity index (χ2v) is 7.43. The Morgan fingerprint density at radius 2 is 1.58 bits per heavy atom. The molecule has 2 unspecified atom stereocenters. The second-order valence-electron chi connectivity index (χ2n) is 7.43. The Balaban J connectivity index is 1.89. The van der Waals surface area contributed by atoms with Gasteiger partial charge in [0.1, 0.15) is 0 Å². The monoisotopic (exact) mass is 259 g/mol. The molecule has 1 saturated carbocycles. The number of nitrogens with one attached hydrogen (secondary N) is 1. The van der Waals surface area contributed by atoms with Crippen LogP contribution in [0.25, 0.3) is 0 Å². The van der Waals surface area contributed by atoms with Gasteiger partial charge in [0.15, 0.2) is 0 Å². The lowest BCUT2D eigenvalue weighted by Gasteiger charge is -2.39. The van der Waals surface area contributed by atoms with E-state index >= 15 is 0 Å². The first kappa shape index (κ1) is 14.6. The summed E-state index contributed by atoms with van der Waals surface area (Å²) in [4.78, 5) is 0. The van der Waals surface area contributed by atoms with Crippen LogP contribution in [0.1, 0.15) is 50.3 Å². The molecule has 1 aromatic carbocycles. The highest BCUT2D eigenvalue weighted by molar-refractivity contribution is 5.29. The SMILES string of the molecule is Cc1cc(C)cc(CC2CCC2CNC(C)(C)C)c1. The third-order valence-corrected chi connectivity index (χ3v) is 4.25. The van der Waals surface area contributed by atoms with Gasteiger partial charge in [0.05, 0.1) is 0 Å². The third kappa shape index (κ3) is 4.35. The minimum Gasteiger partial charge on any atom is -0.312 e. The summed E-state index contributed by atoms with van der Waals surface area (Å²) >= 11 is 0. The number of aryl methyl sites for hydroxylation is 2. The Morgan fingerprint density at radius 3 is 2.05 bits per heavy atom. The molecule has 0 aromatic heterocycles. The van der Waals surface area contributed by atoms with Crippen LogP contribution in [0.4, 0.5) is 0 Å². The zero-order valence-electron chi connectivity index (χ0n) is 13.2. The molecule has 106 valence electrons. The van der Waals surface area contributed by atoms with Crippen molar-refractivity contribution < 1.29 is 0 Å². The van der Waals surface area contributed by atoms with Gasteiger partial charge in [0, 0.05) is 5.54 Å². The molecule has 19 heavy (non-hydrogen) atoms. The van der Waals surface area contributed by atoms with Crippen molar-refractivity contribution in [2.45, 2.75) is 59.4 Å². The summed E-state index contributed by atoms with van der Waals surface area (Å²) in [6.07, 6.45) is 4.07. The molecule has 1 nitrogen and oxygen atoms in total. The van der Waals surface area contributed by atoms with Crippen molar-refractivity contribution in [1.82, 2.24) is 5.32 Å². The summed E-state index contributed by atoms with van der Waals surface area (Å²) in [7, 11) is 0. The molecule has 1 fully saturated rings. The van der Waals surface area contributed by atoms with Gasteiger partial charge in [-0.05, 0) is 77.8 Å². The van der Waals surface area contributed by atoms with Crippen LogP contribution in [-0.4, -0.2) is 12.1 Å². The van der Waals surface area contributed by atoms with E-state index in [1.165, 1.54) is 42.5 Å². The highest BCUT2D eigenvalue weighted by Gasteiger charge is 2.31. The fraction of sp³-hybridized carbons (Fsp3) is 0.667. The van der Waals surface area contributed by atoms with Gasteiger partial charge in [0.25, 0.3) is 0 Å². The molecule has 1 aliphatic rings. The lowest BCUT2D eigenvalue weighted by molar-refractivity contribution is 0.159. The van der Waals surface area contributed by atoms with Crippen molar-refractivity contribution in [1.29, 1.82) is 0 Å². The minimum absolute atomic E-state index is 0.250. The van der Waals surface area contributed by atoms with E-state index in [9.17, 15) is 0 Å². The molecule has 0 saturated heterocycles. The fourth-order valence-corrected chi connectivity index (χ4v) is 3.10. The van der Waals surface area contributed by atoms with Crippen LogP contribution in [0.3, 0.4) is 0 Å². The minimum atomic E-state index is 0.250. The van der Waals surface area contributed by atoms with E-state index in [1.807, 2.05) is 0 Å².